The van der Waals surface area contributed by atoms with Crippen molar-refractivity contribution >= 4 is 5.91 Å². The van der Waals surface area contributed by atoms with Gasteiger partial charge in [-0.05, 0) is 51.4 Å². The second kappa shape index (κ2) is 49.7. The fourth-order valence-electron chi connectivity index (χ4n) is 11.6. The van der Waals surface area contributed by atoms with Crippen molar-refractivity contribution in [2.75, 3.05) is 26.4 Å². The molecule has 3 fully saturated rings. The Morgan fingerprint density at radius 2 is 0.767 bits per heavy atom. The average molecular weight is 1230 g/mol. The van der Waals surface area contributed by atoms with Crippen molar-refractivity contribution in [1.29, 1.82) is 0 Å². The highest BCUT2D eigenvalue weighted by molar-refractivity contribution is 5.76. The number of unbranched alkanes of at least 4 members (excludes halogenated alkanes) is 30. The van der Waals surface area contributed by atoms with E-state index in [4.69, 9.17) is 28.4 Å². The summed E-state index contributed by atoms with van der Waals surface area (Å²) in [5, 5.41) is 121. The van der Waals surface area contributed by atoms with Gasteiger partial charge in [-0.2, -0.15) is 0 Å². The van der Waals surface area contributed by atoms with Gasteiger partial charge in [-0.15, -0.1) is 0 Å². The van der Waals surface area contributed by atoms with Crippen molar-refractivity contribution in [3.8, 4) is 0 Å². The van der Waals surface area contributed by atoms with Gasteiger partial charge in [0.1, 0.15) is 73.2 Å². The highest BCUT2D eigenvalue weighted by Gasteiger charge is 2.53. The lowest BCUT2D eigenvalue weighted by molar-refractivity contribution is -0.379. The van der Waals surface area contributed by atoms with Crippen LogP contribution >= 0.6 is 0 Å². The SMILES string of the molecule is CCCCCCC/C=C\C/C=C\C/C=C\CCCCCCCCCCC(=O)NC(COC1OC(CO)C(OC2OC(CO)C(OC3OC(CO)C(O)C(O)C3O)C(O)C2O)C(O)C1O)C(O)CCCCCCCCCCCCCCCCCCCC. The molecular weight excluding hydrogens is 1110 g/mol. The summed E-state index contributed by atoms with van der Waals surface area (Å²) in [5.74, 6) is -0.249. The van der Waals surface area contributed by atoms with Crippen LogP contribution in [0.25, 0.3) is 0 Å². The van der Waals surface area contributed by atoms with Crippen LogP contribution in [0.4, 0.5) is 0 Å². The molecule has 86 heavy (non-hydrogen) atoms. The Morgan fingerprint density at radius 1 is 0.419 bits per heavy atom. The zero-order valence-electron chi connectivity index (χ0n) is 53.0. The van der Waals surface area contributed by atoms with Crippen LogP contribution in [0.5, 0.6) is 0 Å². The number of rotatable bonds is 52. The van der Waals surface area contributed by atoms with E-state index in [1.165, 1.54) is 148 Å². The molecular formula is C67H123NO18. The first-order valence-electron chi connectivity index (χ1n) is 34.2. The van der Waals surface area contributed by atoms with Crippen molar-refractivity contribution in [1.82, 2.24) is 5.32 Å². The zero-order chi connectivity index (χ0) is 62.6. The lowest BCUT2D eigenvalue weighted by Gasteiger charge is -2.48. The first-order valence-corrected chi connectivity index (χ1v) is 34.2. The predicted molar refractivity (Wildman–Crippen MR) is 333 cm³/mol. The van der Waals surface area contributed by atoms with E-state index >= 15 is 0 Å². The minimum absolute atomic E-state index is 0.249. The summed E-state index contributed by atoms with van der Waals surface area (Å²) >= 11 is 0. The molecule has 3 rings (SSSR count). The summed E-state index contributed by atoms with van der Waals surface area (Å²) in [5.41, 5.74) is 0. The van der Waals surface area contributed by atoms with E-state index in [-0.39, 0.29) is 18.9 Å². The zero-order valence-corrected chi connectivity index (χ0v) is 53.0. The van der Waals surface area contributed by atoms with Gasteiger partial charge in [0, 0.05) is 6.42 Å². The predicted octanol–water partition coefficient (Wildman–Crippen LogP) is 8.44. The summed E-state index contributed by atoms with van der Waals surface area (Å²) in [7, 11) is 0. The van der Waals surface area contributed by atoms with Crippen LogP contribution in [0.3, 0.4) is 0 Å². The Labute approximate surface area is 517 Å². The van der Waals surface area contributed by atoms with E-state index in [1.54, 1.807) is 0 Å². The van der Waals surface area contributed by atoms with Crippen LogP contribution in [0.15, 0.2) is 36.5 Å². The maximum absolute atomic E-state index is 13.4. The lowest BCUT2D eigenvalue weighted by atomic mass is 9.96. The summed E-state index contributed by atoms with van der Waals surface area (Å²) in [6.45, 7) is 1.80. The molecule has 504 valence electrons. The third-order valence-corrected chi connectivity index (χ3v) is 17.2. The van der Waals surface area contributed by atoms with E-state index in [0.29, 0.717) is 12.8 Å². The summed E-state index contributed by atoms with van der Waals surface area (Å²) in [6, 6.07) is -0.892. The van der Waals surface area contributed by atoms with Gasteiger partial charge in [0.05, 0.1) is 38.6 Å². The molecule has 3 saturated heterocycles. The van der Waals surface area contributed by atoms with Crippen LogP contribution < -0.4 is 5.32 Å². The van der Waals surface area contributed by atoms with E-state index in [0.717, 1.165) is 70.6 Å². The Morgan fingerprint density at radius 3 is 1.20 bits per heavy atom. The van der Waals surface area contributed by atoms with Crippen molar-refractivity contribution in [3.63, 3.8) is 0 Å². The van der Waals surface area contributed by atoms with Crippen LogP contribution in [0, 0.1) is 0 Å². The third-order valence-electron chi connectivity index (χ3n) is 17.2. The highest BCUT2D eigenvalue weighted by atomic mass is 16.8. The molecule has 17 unspecified atom stereocenters. The maximum atomic E-state index is 13.4. The Kier molecular flexibility index (Phi) is 45.2. The van der Waals surface area contributed by atoms with Gasteiger partial charge in [-0.25, -0.2) is 0 Å². The molecule has 0 saturated carbocycles. The number of ether oxygens (including phenoxy) is 6. The maximum Gasteiger partial charge on any atom is 0.220 e. The van der Waals surface area contributed by atoms with Crippen LogP contribution in [-0.4, -0.2) is 193 Å². The fourth-order valence-corrected chi connectivity index (χ4v) is 11.6. The minimum Gasteiger partial charge on any atom is -0.394 e. The van der Waals surface area contributed by atoms with Crippen molar-refractivity contribution in [2.24, 2.45) is 0 Å². The molecule has 0 aromatic rings. The van der Waals surface area contributed by atoms with Gasteiger partial charge < -0.3 is 89.9 Å². The quantitative estimate of drug-likeness (QED) is 0.0201. The largest absolute Gasteiger partial charge is 0.394 e. The monoisotopic (exact) mass is 1230 g/mol. The molecule has 3 aliphatic heterocycles. The number of hydrogen-bond donors (Lipinski definition) is 12. The van der Waals surface area contributed by atoms with Gasteiger partial charge in [-0.3, -0.25) is 4.79 Å². The van der Waals surface area contributed by atoms with Gasteiger partial charge >= 0.3 is 0 Å². The smallest absolute Gasteiger partial charge is 0.220 e. The summed E-state index contributed by atoms with van der Waals surface area (Å²) in [4.78, 5) is 13.4. The first-order chi connectivity index (χ1) is 41.8. The van der Waals surface area contributed by atoms with Crippen molar-refractivity contribution in [2.45, 2.75) is 356 Å². The highest BCUT2D eigenvalue weighted by Crippen LogP contribution is 2.33. The number of hydrogen-bond acceptors (Lipinski definition) is 18. The Hall–Kier alpha value is -1.99. The molecule has 1 amide bonds. The van der Waals surface area contributed by atoms with Crippen molar-refractivity contribution < 1.29 is 89.4 Å². The molecule has 0 aromatic carbocycles. The second-order valence-electron chi connectivity index (χ2n) is 24.6. The number of carbonyl (C=O) groups is 1. The van der Waals surface area contributed by atoms with Gasteiger partial charge in [0.15, 0.2) is 18.9 Å². The standard InChI is InChI=1S/C67H123NO18/c1-3-5-7-9-11-13-15-17-19-21-23-24-25-26-27-29-31-33-35-37-39-41-43-45-55(73)68-50(51(72)44-42-40-38-36-34-32-30-28-22-20-18-16-14-12-10-8-6-4-2)49-81-65-61(79)58(76)63(53(47-70)83-65)86-67-62(80)59(77)64(54(48-71)84-67)85-66-60(78)57(75)56(74)52(46-69)82-66/h15,17,21,23,25-26,50-54,56-67,69-72,74-80H,3-14,16,18-20,22,24,27-49H2,1-2H3,(H,68,73)/b17-15-,23-21-,26-25-. The Balaban J connectivity index is 1.45. The normalized spacial score (nSPS) is 29.0. The van der Waals surface area contributed by atoms with Gasteiger partial charge in [-0.1, -0.05) is 230 Å². The number of nitrogens with one attached hydrogen (secondary N) is 1. The molecule has 0 radical (unpaired) electrons. The second-order valence-corrected chi connectivity index (χ2v) is 24.6. The molecule has 0 bridgehead atoms. The third kappa shape index (κ3) is 31.8. The lowest BCUT2D eigenvalue weighted by Crippen LogP contribution is -2.66. The van der Waals surface area contributed by atoms with E-state index in [2.05, 4.69) is 55.6 Å². The summed E-state index contributed by atoms with van der Waals surface area (Å²) < 4.78 is 34.4. The number of aliphatic hydroxyl groups excluding tert-OH is 11. The number of allylic oxidation sites excluding steroid dienone is 6. The van der Waals surface area contributed by atoms with Crippen LogP contribution in [0.2, 0.25) is 0 Å². The molecule has 0 aliphatic carbocycles. The molecule has 19 nitrogen and oxygen atoms in total. The minimum atomic E-state index is -1.97. The van der Waals surface area contributed by atoms with Crippen LogP contribution in [-0.2, 0) is 33.2 Å². The van der Waals surface area contributed by atoms with E-state index in [9.17, 15) is 61.0 Å². The van der Waals surface area contributed by atoms with Gasteiger partial charge in [0.25, 0.3) is 0 Å². The van der Waals surface area contributed by atoms with E-state index in [1.807, 2.05) is 0 Å². The topological polar surface area (TPSA) is 307 Å². The summed E-state index contributed by atoms with van der Waals surface area (Å²) in [6.07, 6.45) is 29.2. The fraction of sp³-hybridized carbons (Fsp3) is 0.896. The Bertz CT molecular complexity index is 1710. The number of carbonyl (C=O) groups excluding carboxylic acids is 1. The molecule has 12 N–H and O–H groups in total. The molecule has 17 atom stereocenters. The molecule has 0 spiro atoms. The van der Waals surface area contributed by atoms with E-state index < -0.39 is 124 Å². The number of amides is 1. The van der Waals surface area contributed by atoms with Crippen LogP contribution in [0.1, 0.15) is 251 Å². The van der Waals surface area contributed by atoms with Crippen molar-refractivity contribution in [3.05, 3.63) is 36.5 Å². The number of aliphatic hydroxyl groups is 11. The average Bonchev–Trinajstić information content (AvgIpc) is 1.83. The van der Waals surface area contributed by atoms with Gasteiger partial charge in [0.2, 0.25) is 5.91 Å². The molecule has 3 aliphatic rings. The first kappa shape index (κ1) is 78.3. The molecule has 3 heterocycles. The molecule has 0 aromatic heterocycles. The molecule has 19 heteroatoms.